The van der Waals surface area contributed by atoms with E-state index in [1.165, 1.54) is 0 Å². The summed E-state index contributed by atoms with van der Waals surface area (Å²) in [6.07, 6.45) is 3.60. The molecule has 0 aromatic rings. The van der Waals surface area contributed by atoms with Crippen molar-refractivity contribution < 1.29 is 4.79 Å². The number of amides is 1. The van der Waals surface area contributed by atoms with Gasteiger partial charge in [0, 0.05) is 24.9 Å². The second-order valence-electron chi connectivity index (χ2n) is 2.99. The molecule has 13 heavy (non-hydrogen) atoms. The summed E-state index contributed by atoms with van der Waals surface area (Å²) >= 11 is 0. The normalized spacial score (nSPS) is 11.5. The number of hydrogen-bond acceptors (Lipinski definition) is 2. The molecular formula is C10H20N2O. The van der Waals surface area contributed by atoms with Crippen LogP contribution in [0.1, 0.15) is 33.6 Å². The molecule has 3 heteroatoms. The molecule has 0 aliphatic rings. The minimum absolute atomic E-state index is 0.297. The van der Waals surface area contributed by atoms with Crippen LogP contribution in [0.15, 0.2) is 11.8 Å². The molecule has 0 unspecified atom stereocenters. The van der Waals surface area contributed by atoms with E-state index in [9.17, 15) is 4.79 Å². The summed E-state index contributed by atoms with van der Waals surface area (Å²) in [6.45, 7) is 7.99. The first-order chi connectivity index (χ1) is 6.15. The maximum absolute atomic E-state index is 11.0. The van der Waals surface area contributed by atoms with Gasteiger partial charge < -0.3 is 10.6 Å². The van der Waals surface area contributed by atoms with Crippen molar-refractivity contribution in [2.45, 2.75) is 33.6 Å². The molecule has 0 aromatic carbocycles. The second-order valence-corrected chi connectivity index (χ2v) is 2.99. The minimum Gasteiger partial charge on any atom is -0.378 e. The third-order valence-corrected chi connectivity index (χ3v) is 1.99. The Kier molecular flexibility index (Phi) is 6.02. The van der Waals surface area contributed by atoms with Gasteiger partial charge in [-0.15, -0.1) is 0 Å². The molecule has 0 atom stereocenters. The molecule has 0 aliphatic heterocycles. The molecule has 0 spiro atoms. The molecule has 0 aromatic heterocycles. The summed E-state index contributed by atoms with van der Waals surface area (Å²) in [4.78, 5) is 13.1. The Hall–Kier alpha value is -0.990. The fourth-order valence-corrected chi connectivity index (χ4v) is 1.15. The first kappa shape index (κ1) is 12.0. The molecule has 76 valence electrons. The highest BCUT2D eigenvalue weighted by Crippen LogP contribution is 2.05. The molecule has 0 heterocycles. The Morgan fingerprint density at radius 1 is 1.31 bits per heavy atom. The maximum Gasteiger partial charge on any atom is 0.246 e. The van der Waals surface area contributed by atoms with Crippen LogP contribution in [0, 0.1) is 0 Å². The molecule has 3 nitrogen and oxygen atoms in total. The van der Waals surface area contributed by atoms with Gasteiger partial charge in [0.15, 0.2) is 0 Å². The lowest BCUT2D eigenvalue weighted by molar-refractivity contribution is -0.114. The zero-order chi connectivity index (χ0) is 10.3. The van der Waals surface area contributed by atoms with Crippen LogP contribution in [0.3, 0.4) is 0 Å². The lowest BCUT2D eigenvalue weighted by Crippen LogP contribution is -2.21. The van der Waals surface area contributed by atoms with E-state index in [1.807, 2.05) is 13.1 Å². The van der Waals surface area contributed by atoms with Crippen LogP contribution >= 0.6 is 0 Å². The van der Waals surface area contributed by atoms with E-state index in [4.69, 9.17) is 5.73 Å². The topological polar surface area (TPSA) is 46.3 Å². The number of carbonyl (C=O) groups is 1. The van der Waals surface area contributed by atoms with Crippen molar-refractivity contribution in [1.29, 1.82) is 0 Å². The van der Waals surface area contributed by atoms with E-state index < -0.39 is 0 Å². The largest absolute Gasteiger partial charge is 0.378 e. The molecule has 0 saturated heterocycles. The van der Waals surface area contributed by atoms with E-state index in [0.29, 0.717) is 0 Å². The molecule has 0 radical (unpaired) electrons. The van der Waals surface area contributed by atoms with Gasteiger partial charge in [0.2, 0.25) is 5.91 Å². The van der Waals surface area contributed by atoms with Crippen LogP contribution in [0.5, 0.6) is 0 Å². The van der Waals surface area contributed by atoms with Gasteiger partial charge in [-0.2, -0.15) is 0 Å². The first-order valence-electron chi connectivity index (χ1n) is 4.90. The van der Waals surface area contributed by atoms with Gasteiger partial charge >= 0.3 is 0 Å². The van der Waals surface area contributed by atoms with Crippen molar-refractivity contribution in [3.8, 4) is 0 Å². The van der Waals surface area contributed by atoms with Gasteiger partial charge in [0.05, 0.1) is 0 Å². The lowest BCUT2D eigenvalue weighted by Gasteiger charge is -2.16. The highest BCUT2D eigenvalue weighted by Gasteiger charge is 2.04. The number of nitrogens with zero attached hydrogens (tertiary/aromatic N) is 1. The quantitative estimate of drug-likeness (QED) is 0.636. The summed E-state index contributed by atoms with van der Waals surface area (Å²) in [5.41, 5.74) is 5.97. The third kappa shape index (κ3) is 4.55. The van der Waals surface area contributed by atoms with E-state index in [2.05, 4.69) is 18.7 Å². The summed E-state index contributed by atoms with van der Waals surface area (Å²) in [5.74, 6) is -0.297. The number of hydrogen-bond donors (Lipinski definition) is 1. The van der Waals surface area contributed by atoms with Crippen molar-refractivity contribution in [3.05, 3.63) is 11.8 Å². The third-order valence-electron chi connectivity index (χ3n) is 1.99. The first-order valence-corrected chi connectivity index (χ1v) is 4.90. The summed E-state index contributed by atoms with van der Waals surface area (Å²) in [6, 6.07) is 0. The van der Waals surface area contributed by atoms with Crippen molar-refractivity contribution in [2.75, 3.05) is 13.1 Å². The molecular weight excluding hydrogens is 164 g/mol. The maximum atomic E-state index is 11.0. The Bertz CT molecular complexity index is 183. The summed E-state index contributed by atoms with van der Waals surface area (Å²) in [5, 5.41) is 0. The van der Waals surface area contributed by atoms with Gasteiger partial charge in [-0.1, -0.05) is 13.3 Å². The molecule has 2 N–H and O–H groups in total. The number of nitrogens with two attached hydrogens (primary N) is 1. The van der Waals surface area contributed by atoms with Crippen molar-refractivity contribution in [1.82, 2.24) is 4.90 Å². The average molecular weight is 184 g/mol. The molecule has 0 fully saturated rings. The number of carbonyl (C=O) groups excluding carboxylic acids is 1. The van der Waals surface area contributed by atoms with Crippen LogP contribution < -0.4 is 5.73 Å². The summed E-state index contributed by atoms with van der Waals surface area (Å²) in [7, 11) is 0. The van der Waals surface area contributed by atoms with Crippen LogP contribution in [0.25, 0.3) is 0 Å². The standard InChI is InChI=1S/C10H20N2O/c1-4-7-9(10(11)13)8-12(5-2)6-3/h8H,4-7H2,1-3H3,(H2,11,13). The van der Waals surface area contributed by atoms with Crippen molar-refractivity contribution >= 4 is 5.91 Å². The fraction of sp³-hybridized carbons (Fsp3) is 0.700. The Morgan fingerprint density at radius 3 is 2.15 bits per heavy atom. The van der Waals surface area contributed by atoms with Gasteiger partial charge in [-0.05, 0) is 20.3 Å². The average Bonchev–Trinajstić information content (AvgIpc) is 2.11. The Labute approximate surface area is 80.6 Å². The predicted molar refractivity (Wildman–Crippen MR) is 55.1 cm³/mol. The molecule has 0 rings (SSSR count). The monoisotopic (exact) mass is 184 g/mol. The summed E-state index contributed by atoms with van der Waals surface area (Å²) < 4.78 is 0. The van der Waals surface area contributed by atoms with E-state index in [1.54, 1.807) is 0 Å². The fourth-order valence-electron chi connectivity index (χ4n) is 1.15. The highest BCUT2D eigenvalue weighted by molar-refractivity contribution is 5.91. The van der Waals surface area contributed by atoms with E-state index in [0.717, 1.165) is 31.5 Å². The van der Waals surface area contributed by atoms with E-state index >= 15 is 0 Å². The predicted octanol–water partition coefficient (Wildman–Crippen LogP) is 1.50. The zero-order valence-corrected chi connectivity index (χ0v) is 8.84. The Morgan fingerprint density at radius 2 is 1.85 bits per heavy atom. The lowest BCUT2D eigenvalue weighted by atomic mass is 10.1. The smallest absolute Gasteiger partial charge is 0.246 e. The second kappa shape index (κ2) is 6.52. The van der Waals surface area contributed by atoms with Crippen LogP contribution in [0.2, 0.25) is 0 Å². The SMILES string of the molecule is CCCC(=CN(CC)CC)C(N)=O. The van der Waals surface area contributed by atoms with Gasteiger partial charge in [-0.25, -0.2) is 0 Å². The highest BCUT2D eigenvalue weighted by atomic mass is 16.1. The molecule has 1 amide bonds. The number of primary amides is 1. The minimum atomic E-state index is -0.297. The zero-order valence-electron chi connectivity index (χ0n) is 8.84. The van der Waals surface area contributed by atoms with Crippen molar-refractivity contribution in [3.63, 3.8) is 0 Å². The molecule has 0 bridgehead atoms. The van der Waals surface area contributed by atoms with Gasteiger partial charge in [-0.3, -0.25) is 4.79 Å². The van der Waals surface area contributed by atoms with Crippen LogP contribution in [0.4, 0.5) is 0 Å². The van der Waals surface area contributed by atoms with Crippen molar-refractivity contribution in [2.24, 2.45) is 5.73 Å². The van der Waals surface area contributed by atoms with Gasteiger partial charge in [0.25, 0.3) is 0 Å². The van der Waals surface area contributed by atoms with Crippen LogP contribution in [-0.4, -0.2) is 23.9 Å². The Balaban J connectivity index is 4.40. The number of rotatable bonds is 6. The van der Waals surface area contributed by atoms with Crippen LogP contribution in [-0.2, 0) is 4.79 Å². The molecule has 0 aliphatic carbocycles. The van der Waals surface area contributed by atoms with Gasteiger partial charge in [0.1, 0.15) is 0 Å². The van der Waals surface area contributed by atoms with E-state index in [-0.39, 0.29) is 5.91 Å². The molecule has 0 saturated carbocycles.